The second-order valence-electron chi connectivity index (χ2n) is 7.15. The van der Waals surface area contributed by atoms with Crippen LogP contribution in [0.5, 0.6) is 6.01 Å². The minimum atomic E-state index is -1.22. The third kappa shape index (κ3) is 4.18. The molecule has 0 spiro atoms. The maximum Gasteiger partial charge on any atom is 1.00 e. The number of nitrogens with zero attached hydrogens (tertiary/aromatic N) is 5. The number of aromatic carboxylic acids is 1. The van der Waals surface area contributed by atoms with E-state index in [1.807, 2.05) is 55.5 Å². The minimum absolute atomic E-state index is 0. The van der Waals surface area contributed by atoms with Gasteiger partial charge in [0.2, 0.25) is 0 Å². The molecule has 11 heteroatoms. The number of carbonyl (C=O) groups excluding carboxylic acids is 1. The van der Waals surface area contributed by atoms with Gasteiger partial charge in [0.15, 0.2) is 5.82 Å². The van der Waals surface area contributed by atoms with E-state index in [4.69, 9.17) is 4.74 Å². The number of aryl methyl sites for hydroxylation is 1. The number of aromatic nitrogens is 6. The zero-order chi connectivity index (χ0) is 22.2. The van der Waals surface area contributed by atoms with Crippen LogP contribution in [-0.2, 0) is 6.54 Å². The Bertz CT molecular complexity index is 1430. The van der Waals surface area contributed by atoms with E-state index in [0.717, 1.165) is 27.1 Å². The zero-order valence-corrected chi connectivity index (χ0v) is 21.0. The molecule has 0 saturated heterocycles. The molecule has 0 fully saturated rings. The number of benzene rings is 2. The number of fused-ring (bicyclic) bond motifs is 1. The van der Waals surface area contributed by atoms with Crippen molar-refractivity contribution in [1.82, 2.24) is 30.2 Å². The number of carboxylic acid groups (broad SMARTS) is 1. The van der Waals surface area contributed by atoms with Crippen molar-refractivity contribution in [2.45, 2.75) is 13.5 Å². The molecular formula is C22H17N6NaO3S. The molecule has 2 aromatic carbocycles. The van der Waals surface area contributed by atoms with Crippen molar-refractivity contribution in [3.8, 4) is 28.5 Å². The van der Waals surface area contributed by atoms with Gasteiger partial charge < -0.3 is 14.6 Å². The van der Waals surface area contributed by atoms with Crippen LogP contribution in [0.15, 0.2) is 48.5 Å². The van der Waals surface area contributed by atoms with Crippen molar-refractivity contribution < 1.29 is 44.2 Å². The number of rotatable bonds is 6. The van der Waals surface area contributed by atoms with Crippen LogP contribution in [-0.4, -0.2) is 43.3 Å². The number of methoxy groups -OCH3 is 1. The van der Waals surface area contributed by atoms with Gasteiger partial charge in [-0.1, -0.05) is 48.5 Å². The van der Waals surface area contributed by atoms with E-state index in [2.05, 4.69) is 25.6 Å². The van der Waals surface area contributed by atoms with E-state index >= 15 is 0 Å². The number of hydrogen-bond donors (Lipinski definition) is 1. The first-order valence-electron chi connectivity index (χ1n) is 9.74. The Balaban J connectivity index is 0.00000259. The summed E-state index contributed by atoms with van der Waals surface area (Å²) in [6.45, 7) is 2.25. The molecule has 0 aliphatic heterocycles. The number of carboxylic acids is 1. The Morgan fingerprint density at radius 2 is 1.88 bits per heavy atom. The zero-order valence-electron chi connectivity index (χ0n) is 18.2. The maximum atomic E-state index is 11.7. The summed E-state index contributed by atoms with van der Waals surface area (Å²) in [5.74, 6) is -0.622. The molecule has 0 bridgehead atoms. The second-order valence-corrected chi connectivity index (χ2v) is 8.37. The number of nitrogens with one attached hydrogen (secondary N) is 1. The average molecular weight is 468 g/mol. The van der Waals surface area contributed by atoms with Crippen LogP contribution < -0.4 is 39.4 Å². The normalized spacial score (nSPS) is 10.8. The van der Waals surface area contributed by atoms with Gasteiger partial charge in [-0.15, -0.1) is 16.4 Å². The maximum absolute atomic E-state index is 11.7. The van der Waals surface area contributed by atoms with E-state index in [1.54, 1.807) is 4.57 Å². The van der Waals surface area contributed by atoms with Gasteiger partial charge >= 0.3 is 29.6 Å². The van der Waals surface area contributed by atoms with Crippen molar-refractivity contribution >= 4 is 28.3 Å². The molecule has 0 aliphatic carbocycles. The summed E-state index contributed by atoms with van der Waals surface area (Å²) >= 11 is 1.17. The smallest absolute Gasteiger partial charge is 0.544 e. The van der Waals surface area contributed by atoms with Crippen LogP contribution in [0.25, 0.3) is 33.5 Å². The molecule has 0 aliphatic rings. The van der Waals surface area contributed by atoms with Crippen molar-refractivity contribution in [1.29, 1.82) is 0 Å². The molecular weight excluding hydrogens is 451 g/mol. The molecule has 0 radical (unpaired) electrons. The fourth-order valence-corrected chi connectivity index (χ4v) is 4.72. The molecule has 3 heterocycles. The number of tetrazole rings is 1. The number of imidazole rings is 1. The fraction of sp³-hybridized carbons (Fsp3) is 0.136. The SMILES string of the molecule is COc1nc2c(C)sc(C(=O)[O-])c2n1Cc1ccc(-c2ccccc2-c2nnn[nH]2)cc1.[Na+]. The number of carbonyl (C=O) groups is 1. The van der Waals surface area contributed by atoms with E-state index in [9.17, 15) is 9.90 Å². The van der Waals surface area contributed by atoms with Crippen molar-refractivity contribution in [2.75, 3.05) is 7.11 Å². The van der Waals surface area contributed by atoms with E-state index in [-0.39, 0.29) is 34.4 Å². The number of ether oxygens (including phenoxy) is 1. The van der Waals surface area contributed by atoms with Gasteiger partial charge in [-0.2, -0.15) is 4.98 Å². The molecule has 0 amide bonds. The Morgan fingerprint density at radius 3 is 2.52 bits per heavy atom. The summed E-state index contributed by atoms with van der Waals surface area (Å²) in [5.41, 5.74) is 5.01. The summed E-state index contributed by atoms with van der Waals surface area (Å²) < 4.78 is 7.19. The van der Waals surface area contributed by atoms with E-state index in [1.165, 1.54) is 18.4 Å². The Kier molecular flexibility index (Phi) is 6.61. The summed E-state index contributed by atoms with van der Waals surface area (Å²) in [6, 6.07) is 16.2. The number of hydrogen-bond acceptors (Lipinski definition) is 8. The number of H-pyrrole nitrogens is 1. The third-order valence-corrected chi connectivity index (χ3v) is 6.30. The molecule has 3 aromatic heterocycles. The van der Waals surface area contributed by atoms with Crippen molar-refractivity contribution in [3.63, 3.8) is 0 Å². The van der Waals surface area contributed by atoms with Gasteiger partial charge in [0.25, 0.3) is 6.01 Å². The van der Waals surface area contributed by atoms with Gasteiger partial charge in [0.05, 0.1) is 30.0 Å². The fourth-order valence-electron chi connectivity index (χ4n) is 3.79. The quantitative estimate of drug-likeness (QED) is 0.339. The molecule has 0 saturated carbocycles. The van der Waals surface area contributed by atoms with E-state index < -0.39 is 5.97 Å². The topological polar surface area (TPSA) is 122 Å². The minimum Gasteiger partial charge on any atom is -0.544 e. The molecule has 5 aromatic rings. The van der Waals surface area contributed by atoms with Crippen LogP contribution >= 0.6 is 11.3 Å². The first kappa shape index (κ1) is 23.1. The van der Waals surface area contributed by atoms with Crippen molar-refractivity contribution in [3.05, 3.63) is 63.8 Å². The van der Waals surface area contributed by atoms with Gasteiger partial charge in [0, 0.05) is 10.4 Å². The predicted molar refractivity (Wildman–Crippen MR) is 117 cm³/mol. The predicted octanol–water partition coefficient (Wildman–Crippen LogP) is -0.322. The number of aromatic amines is 1. The summed E-state index contributed by atoms with van der Waals surface area (Å²) in [7, 11) is 1.52. The first-order valence-corrected chi connectivity index (χ1v) is 10.6. The average Bonchev–Trinajstić information content (AvgIpc) is 3.53. The van der Waals surface area contributed by atoms with E-state index in [0.29, 0.717) is 29.4 Å². The van der Waals surface area contributed by atoms with Gasteiger partial charge in [0.1, 0.15) is 5.52 Å². The van der Waals surface area contributed by atoms with Crippen LogP contribution in [0.2, 0.25) is 0 Å². The summed E-state index contributed by atoms with van der Waals surface area (Å²) in [5, 5.41) is 25.8. The monoisotopic (exact) mass is 468 g/mol. The Labute approximate surface area is 214 Å². The molecule has 160 valence electrons. The summed E-state index contributed by atoms with van der Waals surface area (Å²) in [6.07, 6.45) is 0. The molecule has 5 rings (SSSR count). The van der Waals surface area contributed by atoms with Crippen molar-refractivity contribution in [2.24, 2.45) is 0 Å². The molecule has 9 nitrogen and oxygen atoms in total. The second kappa shape index (κ2) is 9.44. The van der Waals surface area contributed by atoms with Gasteiger partial charge in [-0.25, -0.2) is 5.10 Å². The van der Waals surface area contributed by atoms with Crippen LogP contribution in [0.4, 0.5) is 0 Å². The standard InChI is InChI=1S/C22H18N6O3S.Na/c1-12-17-18(19(32-12)21(29)30)28(22(23-17)31-2)11-13-7-9-14(10-8-13)15-5-3-4-6-16(15)20-24-26-27-25-20;/h3-10H,11H2,1-2H3,(H,29,30)(H,24,25,26,27);/q;+1/p-1. The molecule has 0 unspecified atom stereocenters. The molecule has 1 N–H and O–H groups in total. The number of thiophene rings is 1. The molecule has 0 atom stereocenters. The van der Waals surface area contributed by atoms with Crippen LogP contribution in [0.1, 0.15) is 20.1 Å². The first-order chi connectivity index (χ1) is 15.6. The Morgan fingerprint density at radius 1 is 1.15 bits per heavy atom. The van der Waals surface area contributed by atoms with Crippen LogP contribution in [0.3, 0.4) is 0 Å². The van der Waals surface area contributed by atoms with Crippen LogP contribution in [0, 0.1) is 6.92 Å². The Hall–Kier alpha value is -3.05. The largest absolute Gasteiger partial charge is 1.00 e. The molecule has 33 heavy (non-hydrogen) atoms. The summed E-state index contributed by atoms with van der Waals surface area (Å²) in [4.78, 5) is 17.1. The van der Waals surface area contributed by atoms with Gasteiger partial charge in [-0.05, 0) is 34.0 Å². The third-order valence-electron chi connectivity index (χ3n) is 5.24. The van der Waals surface area contributed by atoms with Gasteiger partial charge in [-0.3, -0.25) is 4.57 Å².